The predicted molar refractivity (Wildman–Crippen MR) is 109 cm³/mol. The van der Waals surface area contributed by atoms with Gasteiger partial charge in [0.05, 0.1) is 27.4 Å². The summed E-state index contributed by atoms with van der Waals surface area (Å²) in [7, 11) is 4.92. The minimum atomic E-state index is 0.128. The average Bonchev–Trinajstić information content (AvgIpc) is 3.18. The quantitative estimate of drug-likeness (QED) is 0.705. The maximum atomic E-state index is 6.58. The van der Waals surface area contributed by atoms with Crippen LogP contribution in [0.25, 0.3) is 0 Å². The molecule has 0 fully saturated rings. The van der Waals surface area contributed by atoms with Gasteiger partial charge in [-0.3, -0.25) is 0 Å². The molecular formula is C22H24ClNO3. The van der Waals surface area contributed by atoms with Crippen molar-refractivity contribution in [2.45, 2.75) is 25.3 Å². The summed E-state index contributed by atoms with van der Waals surface area (Å²) >= 11 is 6.58. The molecule has 1 N–H and O–H groups in total. The van der Waals surface area contributed by atoms with Gasteiger partial charge in [-0.15, -0.1) is 0 Å². The Morgan fingerprint density at radius 2 is 1.74 bits per heavy atom. The van der Waals surface area contributed by atoms with Crippen molar-refractivity contribution in [3.63, 3.8) is 0 Å². The molecule has 142 valence electrons. The van der Waals surface area contributed by atoms with Crippen LogP contribution >= 0.6 is 11.6 Å². The summed E-state index contributed by atoms with van der Waals surface area (Å²) < 4.78 is 16.6. The zero-order valence-electron chi connectivity index (χ0n) is 16.0. The van der Waals surface area contributed by atoms with Gasteiger partial charge in [0.1, 0.15) is 0 Å². The van der Waals surface area contributed by atoms with Crippen LogP contribution in [-0.4, -0.2) is 21.3 Å². The van der Waals surface area contributed by atoms with Crippen molar-refractivity contribution in [1.29, 1.82) is 0 Å². The van der Waals surface area contributed by atoms with Crippen LogP contribution in [0.2, 0.25) is 5.02 Å². The highest BCUT2D eigenvalue weighted by atomic mass is 35.5. The van der Waals surface area contributed by atoms with E-state index in [1.54, 1.807) is 21.3 Å². The SMILES string of the molecule is COc1cc([C@@H]2Nc3c(C)ccc(Cl)c3[C@@H]3C=CC[C@@H]32)cc(OC)c1OC. The van der Waals surface area contributed by atoms with Crippen LogP contribution in [0.4, 0.5) is 5.69 Å². The normalized spacial score (nSPS) is 22.6. The lowest BCUT2D eigenvalue weighted by Gasteiger charge is -2.39. The van der Waals surface area contributed by atoms with Crippen molar-refractivity contribution in [2.75, 3.05) is 26.6 Å². The first-order chi connectivity index (χ1) is 13.1. The van der Waals surface area contributed by atoms with Crippen LogP contribution in [0, 0.1) is 12.8 Å². The standard InChI is InChI=1S/C22H24ClNO3/c1-12-8-9-16(23)19-14-6-5-7-15(14)21(24-20(12)19)13-10-17(25-2)22(27-4)18(11-13)26-3/h5-6,8-11,14-15,21,24H,7H2,1-4H3/t14-,15+,21+/m1/s1. The Labute approximate surface area is 165 Å². The molecule has 1 heterocycles. The van der Waals surface area contributed by atoms with Gasteiger partial charge >= 0.3 is 0 Å². The maximum absolute atomic E-state index is 6.58. The third-order valence-corrected chi connectivity index (χ3v) is 6.05. The summed E-state index contributed by atoms with van der Waals surface area (Å²) in [6, 6.07) is 8.28. The minimum absolute atomic E-state index is 0.128. The van der Waals surface area contributed by atoms with E-state index in [4.69, 9.17) is 25.8 Å². The fourth-order valence-corrected chi connectivity index (χ4v) is 4.70. The number of rotatable bonds is 4. The van der Waals surface area contributed by atoms with Crippen molar-refractivity contribution in [2.24, 2.45) is 5.92 Å². The van der Waals surface area contributed by atoms with Gasteiger partial charge in [-0.05, 0) is 48.6 Å². The number of halogens is 1. The largest absolute Gasteiger partial charge is 0.493 e. The summed E-state index contributed by atoms with van der Waals surface area (Å²) in [6.07, 6.45) is 5.55. The maximum Gasteiger partial charge on any atom is 0.203 e. The highest BCUT2D eigenvalue weighted by Crippen LogP contribution is 2.54. The minimum Gasteiger partial charge on any atom is -0.493 e. The number of allylic oxidation sites excluding steroid dienone is 2. The molecule has 0 saturated heterocycles. The van der Waals surface area contributed by atoms with Crippen LogP contribution in [0.15, 0.2) is 36.4 Å². The van der Waals surface area contributed by atoms with E-state index in [0.717, 1.165) is 22.7 Å². The zero-order valence-corrected chi connectivity index (χ0v) is 16.8. The lowest BCUT2D eigenvalue weighted by Crippen LogP contribution is -2.30. The lowest BCUT2D eigenvalue weighted by molar-refractivity contribution is 0.322. The zero-order chi connectivity index (χ0) is 19.1. The molecule has 0 saturated carbocycles. The van der Waals surface area contributed by atoms with Crippen LogP contribution in [-0.2, 0) is 0 Å². The molecule has 0 radical (unpaired) electrons. The van der Waals surface area contributed by atoms with E-state index >= 15 is 0 Å². The van der Waals surface area contributed by atoms with Crippen LogP contribution < -0.4 is 19.5 Å². The molecule has 2 aliphatic rings. The molecule has 3 atom stereocenters. The van der Waals surface area contributed by atoms with Gasteiger partial charge in [0, 0.05) is 22.2 Å². The van der Waals surface area contributed by atoms with E-state index in [9.17, 15) is 0 Å². The Morgan fingerprint density at radius 3 is 2.37 bits per heavy atom. The van der Waals surface area contributed by atoms with Crippen molar-refractivity contribution >= 4 is 17.3 Å². The fraction of sp³-hybridized carbons (Fsp3) is 0.364. The van der Waals surface area contributed by atoms with Crippen LogP contribution in [0.1, 0.15) is 35.1 Å². The molecule has 4 rings (SSSR count). The van der Waals surface area contributed by atoms with Crippen LogP contribution in [0.3, 0.4) is 0 Å². The average molecular weight is 386 g/mol. The molecule has 0 unspecified atom stereocenters. The molecule has 2 aromatic carbocycles. The Bertz CT molecular complexity index is 884. The van der Waals surface area contributed by atoms with E-state index in [0.29, 0.717) is 29.1 Å². The van der Waals surface area contributed by atoms with Crippen molar-refractivity contribution in [3.05, 3.63) is 58.1 Å². The molecule has 0 aromatic heterocycles. The second-order valence-corrected chi connectivity index (χ2v) is 7.49. The Kier molecular flexibility index (Phi) is 4.68. The Morgan fingerprint density at radius 1 is 1.04 bits per heavy atom. The number of ether oxygens (including phenoxy) is 3. The van der Waals surface area contributed by atoms with Gasteiger partial charge < -0.3 is 19.5 Å². The predicted octanol–water partition coefficient (Wildman–Crippen LogP) is 5.50. The molecule has 5 heteroatoms. The highest BCUT2D eigenvalue weighted by molar-refractivity contribution is 6.32. The first-order valence-electron chi connectivity index (χ1n) is 9.11. The molecule has 0 spiro atoms. The van der Waals surface area contributed by atoms with Gasteiger partial charge in [-0.1, -0.05) is 29.8 Å². The van der Waals surface area contributed by atoms with Gasteiger partial charge in [0.2, 0.25) is 5.75 Å². The van der Waals surface area contributed by atoms with E-state index < -0.39 is 0 Å². The van der Waals surface area contributed by atoms with E-state index in [1.165, 1.54) is 11.1 Å². The van der Waals surface area contributed by atoms with Crippen LogP contribution in [0.5, 0.6) is 17.2 Å². The summed E-state index contributed by atoms with van der Waals surface area (Å²) in [4.78, 5) is 0. The molecule has 0 bridgehead atoms. The first-order valence-corrected chi connectivity index (χ1v) is 9.49. The highest BCUT2D eigenvalue weighted by Gasteiger charge is 2.40. The number of hydrogen-bond donors (Lipinski definition) is 1. The van der Waals surface area contributed by atoms with Crippen molar-refractivity contribution in [1.82, 2.24) is 0 Å². The van der Waals surface area contributed by atoms with Gasteiger partial charge in [-0.2, -0.15) is 0 Å². The van der Waals surface area contributed by atoms with Crippen molar-refractivity contribution < 1.29 is 14.2 Å². The summed E-state index contributed by atoms with van der Waals surface area (Å²) in [5.41, 5.74) is 4.66. The van der Waals surface area contributed by atoms with E-state index in [-0.39, 0.29) is 6.04 Å². The molecule has 1 aliphatic heterocycles. The second-order valence-electron chi connectivity index (χ2n) is 7.09. The molecular weight excluding hydrogens is 362 g/mol. The number of hydrogen-bond acceptors (Lipinski definition) is 4. The lowest BCUT2D eigenvalue weighted by atomic mass is 9.76. The number of fused-ring (bicyclic) bond motifs is 3. The number of nitrogens with one attached hydrogen (secondary N) is 1. The molecule has 0 amide bonds. The monoisotopic (exact) mass is 385 g/mol. The van der Waals surface area contributed by atoms with E-state index in [2.05, 4.69) is 30.5 Å². The van der Waals surface area contributed by atoms with E-state index in [1.807, 2.05) is 18.2 Å². The summed E-state index contributed by atoms with van der Waals surface area (Å²) in [5, 5.41) is 4.58. The first kappa shape index (κ1) is 18.1. The summed E-state index contributed by atoms with van der Waals surface area (Å²) in [6.45, 7) is 2.12. The molecule has 1 aliphatic carbocycles. The third kappa shape index (κ3) is 2.83. The van der Waals surface area contributed by atoms with Gasteiger partial charge in [0.25, 0.3) is 0 Å². The fourth-order valence-electron chi connectivity index (χ4n) is 4.42. The number of aryl methyl sites for hydroxylation is 1. The van der Waals surface area contributed by atoms with Crippen molar-refractivity contribution in [3.8, 4) is 17.2 Å². The molecule has 4 nitrogen and oxygen atoms in total. The Hall–Kier alpha value is -2.33. The number of benzene rings is 2. The van der Waals surface area contributed by atoms with Gasteiger partial charge in [-0.25, -0.2) is 0 Å². The second kappa shape index (κ2) is 7.01. The third-order valence-electron chi connectivity index (χ3n) is 5.72. The smallest absolute Gasteiger partial charge is 0.203 e. The van der Waals surface area contributed by atoms with Gasteiger partial charge in [0.15, 0.2) is 11.5 Å². The Balaban J connectivity index is 1.85. The molecule has 2 aromatic rings. The number of methoxy groups -OCH3 is 3. The molecule has 27 heavy (non-hydrogen) atoms. The summed E-state index contributed by atoms with van der Waals surface area (Å²) in [5.74, 6) is 2.65. The topological polar surface area (TPSA) is 39.7 Å². The number of anilines is 1.